The Kier molecular flexibility index (Phi) is 7.36. The van der Waals surface area contributed by atoms with Gasteiger partial charge in [0.05, 0.1) is 12.5 Å². The van der Waals surface area contributed by atoms with Crippen molar-refractivity contribution in [2.24, 2.45) is 5.92 Å². The van der Waals surface area contributed by atoms with Gasteiger partial charge in [-0.3, -0.25) is 4.79 Å². The molecule has 0 aromatic carbocycles. The molecule has 2 heteroatoms. The van der Waals surface area contributed by atoms with E-state index in [0.717, 1.165) is 19.3 Å². The number of esters is 1. The predicted octanol–water partition coefficient (Wildman–Crippen LogP) is 2.93. The van der Waals surface area contributed by atoms with Crippen molar-refractivity contribution in [3.05, 3.63) is 12.2 Å². The van der Waals surface area contributed by atoms with E-state index < -0.39 is 0 Å². The van der Waals surface area contributed by atoms with Gasteiger partial charge >= 0.3 is 5.97 Å². The lowest BCUT2D eigenvalue weighted by molar-refractivity contribution is -0.147. The van der Waals surface area contributed by atoms with Gasteiger partial charge in [0.1, 0.15) is 0 Å². The van der Waals surface area contributed by atoms with Gasteiger partial charge in [-0.1, -0.05) is 32.9 Å². The number of hydrogen-bond donors (Lipinski definition) is 0. The number of carbonyl (C=O) groups is 1. The fraction of sp³-hybridized carbons (Fsp3) is 0.727. The van der Waals surface area contributed by atoms with Crippen molar-refractivity contribution in [3.8, 4) is 0 Å². The van der Waals surface area contributed by atoms with E-state index in [-0.39, 0.29) is 11.9 Å². The first kappa shape index (κ1) is 12.2. The third-order valence-corrected chi connectivity index (χ3v) is 1.63. The maximum Gasteiger partial charge on any atom is 0.308 e. The lowest BCUT2D eigenvalue weighted by Gasteiger charge is -2.05. The molecule has 76 valence electrons. The van der Waals surface area contributed by atoms with Gasteiger partial charge in [0.25, 0.3) is 0 Å². The zero-order valence-electron chi connectivity index (χ0n) is 8.88. The summed E-state index contributed by atoms with van der Waals surface area (Å²) in [6.07, 6.45) is 7.26. The molecule has 13 heavy (non-hydrogen) atoms. The minimum Gasteiger partial charge on any atom is -0.465 e. The van der Waals surface area contributed by atoms with Crippen LogP contribution < -0.4 is 0 Å². The molecule has 0 aliphatic carbocycles. The second-order valence-corrected chi connectivity index (χ2v) is 3.34. The Balaban J connectivity index is 3.26. The Morgan fingerprint density at radius 2 is 2.08 bits per heavy atom. The normalized spacial score (nSPS) is 11.1. The Hall–Kier alpha value is -0.790. The molecule has 2 nitrogen and oxygen atoms in total. The number of unbranched alkanes of at least 4 members (excludes halogenated alkanes) is 1. The molecule has 0 saturated carbocycles. The number of rotatable bonds is 6. The van der Waals surface area contributed by atoms with Gasteiger partial charge in [0.2, 0.25) is 0 Å². The molecule has 0 fully saturated rings. The second kappa shape index (κ2) is 7.84. The Labute approximate surface area is 81.0 Å². The van der Waals surface area contributed by atoms with E-state index in [1.54, 1.807) is 0 Å². The van der Waals surface area contributed by atoms with Crippen molar-refractivity contribution in [1.82, 2.24) is 0 Å². The SMILES string of the molecule is CC/C=C\CCCOC(=O)C(C)C. The van der Waals surface area contributed by atoms with Gasteiger partial charge in [-0.05, 0) is 19.3 Å². The molecule has 0 atom stereocenters. The van der Waals surface area contributed by atoms with Crippen molar-refractivity contribution in [1.29, 1.82) is 0 Å². The van der Waals surface area contributed by atoms with E-state index in [1.165, 1.54) is 0 Å². The van der Waals surface area contributed by atoms with E-state index in [4.69, 9.17) is 4.74 Å². The Bertz CT molecular complexity index is 159. The van der Waals surface area contributed by atoms with Crippen molar-refractivity contribution >= 4 is 5.97 Å². The third kappa shape index (κ3) is 7.57. The predicted molar refractivity (Wildman–Crippen MR) is 54.5 cm³/mol. The molecule has 0 rings (SSSR count). The van der Waals surface area contributed by atoms with Gasteiger partial charge < -0.3 is 4.74 Å². The molecular weight excluding hydrogens is 164 g/mol. The van der Waals surface area contributed by atoms with Crippen molar-refractivity contribution < 1.29 is 9.53 Å². The number of hydrogen-bond acceptors (Lipinski definition) is 2. The highest BCUT2D eigenvalue weighted by atomic mass is 16.5. The zero-order chi connectivity index (χ0) is 10.1. The topological polar surface area (TPSA) is 26.3 Å². The fourth-order valence-electron chi connectivity index (χ4n) is 0.825. The largest absolute Gasteiger partial charge is 0.465 e. The molecule has 0 radical (unpaired) electrons. The molecule has 0 bridgehead atoms. The Morgan fingerprint density at radius 3 is 2.62 bits per heavy atom. The summed E-state index contributed by atoms with van der Waals surface area (Å²) in [7, 11) is 0. The molecule has 0 aromatic heterocycles. The average molecular weight is 184 g/mol. The van der Waals surface area contributed by atoms with E-state index in [0.29, 0.717) is 6.61 Å². The number of carbonyl (C=O) groups excluding carboxylic acids is 1. The highest BCUT2D eigenvalue weighted by molar-refractivity contribution is 5.71. The van der Waals surface area contributed by atoms with Crippen LogP contribution in [0, 0.1) is 5.92 Å². The van der Waals surface area contributed by atoms with Gasteiger partial charge in [0.15, 0.2) is 0 Å². The molecule has 0 amide bonds. The summed E-state index contributed by atoms with van der Waals surface area (Å²) in [5, 5.41) is 0. The molecule has 0 aliphatic rings. The van der Waals surface area contributed by atoms with Crippen LogP contribution in [0.4, 0.5) is 0 Å². The number of allylic oxidation sites excluding steroid dienone is 2. The molecule has 0 N–H and O–H groups in total. The quantitative estimate of drug-likeness (QED) is 0.360. The van der Waals surface area contributed by atoms with Crippen molar-refractivity contribution in [2.45, 2.75) is 40.0 Å². The standard InChI is InChI=1S/C11H20O2/c1-4-5-6-7-8-9-13-11(12)10(2)3/h5-6,10H,4,7-9H2,1-3H3/b6-5-. The van der Waals surface area contributed by atoms with E-state index >= 15 is 0 Å². The molecule has 0 heterocycles. The maximum absolute atomic E-state index is 11.0. The van der Waals surface area contributed by atoms with Crippen LogP contribution in [0.25, 0.3) is 0 Å². The lowest BCUT2D eigenvalue weighted by atomic mass is 10.2. The molecule has 0 spiro atoms. The van der Waals surface area contributed by atoms with E-state index in [2.05, 4.69) is 19.1 Å². The fourth-order valence-corrected chi connectivity index (χ4v) is 0.825. The second-order valence-electron chi connectivity index (χ2n) is 3.34. The van der Waals surface area contributed by atoms with Crippen LogP contribution >= 0.6 is 0 Å². The average Bonchev–Trinajstić information content (AvgIpc) is 2.10. The summed E-state index contributed by atoms with van der Waals surface area (Å²) in [6.45, 7) is 6.35. The molecule has 0 unspecified atom stereocenters. The van der Waals surface area contributed by atoms with Crippen LogP contribution in [0.5, 0.6) is 0 Å². The minimum absolute atomic E-state index is 0.00816. The summed E-state index contributed by atoms with van der Waals surface area (Å²) in [5.41, 5.74) is 0. The molecule has 0 aromatic rings. The van der Waals surface area contributed by atoms with Crippen LogP contribution in [0.15, 0.2) is 12.2 Å². The molecule has 0 aliphatic heterocycles. The maximum atomic E-state index is 11.0. The van der Waals surface area contributed by atoms with Crippen LogP contribution in [0.3, 0.4) is 0 Å². The summed E-state index contributed by atoms with van der Waals surface area (Å²) in [4.78, 5) is 11.0. The lowest BCUT2D eigenvalue weighted by Crippen LogP contribution is -2.12. The molecular formula is C11H20O2. The minimum atomic E-state index is -0.0977. The first-order valence-corrected chi connectivity index (χ1v) is 5.00. The first-order chi connectivity index (χ1) is 6.18. The van der Waals surface area contributed by atoms with Gasteiger partial charge in [-0.2, -0.15) is 0 Å². The van der Waals surface area contributed by atoms with Crippen LogP contribution in [0.2, 0.25) is 0 Å². The van der Waals surface area contributed by atoms with Crippen molar-refractivity contribution in [3.63, 3.8) is 0 Å². The molecule has 0 saturated heterocycles. The van der Waals surface area contributed by atoms with E-state index in [9.17, 15) is 4.79 Å². The summed E-state index contributed by atoms with van der Waals surface area (Å²) >= 11 is 0. The summed E-state index contributed by atoms with van der Waals surface area (Å²) in [6, 6.07) is 0. The van der Waals surface area contributed by atoms with Crippen LogP contribution in [-0.2, 0) is 9.53 Å². The van der Waals surface area contributed by atoms with Crippen molar-refractivity contribution in [2.75, 3.05) is 6.61 Å². The van der Waals surface area contributed by atoms with Gasteiger partial charge in [0, 0.05) is 0 Å². The third-order valence-electron chi connectivity index (χ3n) is 1.63. The Morgan fingerprint density at radius 1 is 1.38 bits per heavy atom. The first-order valence-electron chi connectivity index (χ1n) is 5.00. The highest BCUT2D eigenvalue weighted by Crippen LogP contribution is 1.98. The highest BCUT2D eigenvalue weighted by Gasteiger charge is 2.06. The number of ether oxygens (including phenoxy) is 1. The van der Waals surface area contributed by atoms with Gasteiger partial charge in [-0.15, -0.1) is 0 Å². The van der Waals surface area contributed by atoms with Crippen LogP contribution in [-0.4, -0.2) is 12.6 Å². The van der Waals surface area contributed by atoms with Crippen LogP contribution in [0.1, 0.15) is 40.0 Å². The van der Waals surface area contributed by atoms with E-state index in [1.807, 2.05) is 13.8 Å². The van der Waals surface area contributed by atoms with Gasteiger partial charge in [-0.25, -0.2) is 0 Å². The monoisotopic (exact) mass is 184 g/mol. The summed E-state index contributed by atoms with van der Waals surface area (Å²) in [5.74, 6) is -0.106. The zero-order valence-corrected chi connectivity index (χ0v) is 8.88. The smallest absolute Gasteiger partial charge is 0.308 e. The summed E-state index contributed by atoms with van der Waals surface area (Å²) < 4.78 is 5.01.